The number of hydrogen-bond donors (Lipinski definition) is 2. The number of rotatable bonds is 9. The quantitative estimate of drug-likeness (QED) is 0.534. The molecule has 0 unspecified atom stereocenters. The highest BCUT2D eigenvalue weighted by molar-refractivity contribution is 5.82. The van der Waals surface area contributed by atoms with E-state index in [2.05, 4.69) is 5.32 Å². The maximum Gasteiger partial charge on any atom is 0.330 e. The molecule has 0 radical (unpaired) electrons. The summed E-state index contributed by atoms with van der Waals surface area (Å²) in [6.45, 7) is 2.74. The van der Waals surface area contributed by atoms with Gasteiger partial charge in [0.15, 0.2) is 0 Å². The smallest absolute Gasteiger partial charge is 0.330 e. The third-order valence-electron chi connectivity index (χ3n) is 2.86. The third-order valence-corrected chi connectivity index (χ3v) is 2.86. The summed E-state index contributed by atoms with van der Waals surface area (Å²) in [6, 6.07) is 9.78. The van der Waals surface area contributed by atoms with Crippen molar-refractivity contribution in [2.45, 2.75) is 32.4 Å². The second-order valence-electron chi connectivity index (χ2n) is 4.59. The lowest BCUT2D eigenvalue weighted by Gasteiger charge is -2.14. The van der Waals surface area contributed by atoms with Crippen molar-refractivity contribution in [3.05, 3.63) is 48.0 Å². The molecule has 5 heteroatoms. The zero-order chi connectivity index (χ0) is 15.5. The summed E-state index contributed by atoms with van der Waals surface area (Å²) in [7, 11) is 0. The van der Waals surface area contributed by atoms with E-state index in [0.717, 1.165) is 5.56 Å². The van der Waals surface area contributed by atoms with Gasteiger partial charge in [-0.25, -0.2) is 4.79 Å². The molecule has 0 spiro atoms. The zero-order valence-corrected chi connectivity index (χ0v) is 12.2. The average Bonchev–Trinajstić information content (AvgIpc) is 2.47. The van der Waals surface area contributed by atoms with Gasteiger partial charge in [0, 0.05) is 25.1 Å². The van der Waals surface area contributed by atoms with Gasteiger partial charge in [-0.15, -0.1) is 0 Å². The fraction of sp³-hybridized carbons (Fsp3) is 0.375. The highest BCUT2D eigenvalue weighted by atomic mass is 16.5. The van der Waals surface area contributed by atoms with Crippen molar-refractivity contribution in [3.63, 3.8) is 0 Å². The molecular formula is C16H22N2O3. The van der Waals surface area contributed by atoms with Crippen molar-refractivity contribution < 1.29 is 14.3 Å². The minimum Gasteiger partial charge on any atom is -0.463 e. The van der Waals surface area contributed by atoms with Crippen molar-refractivity contribution in [2.75, 3.05) is 6.61 Å². The van der Waals surface area contributed by atoms with Gasteiger partial charge in [-0.1, -0.05) is 36.4 Å². The molecule has 1 amide bonds. The van der Waals surface area contributed by atoms with Crippen LogP contribution in [0.1, 0.15) is 25.3 Å². The molecule has 5 nitrogen and oxygen atoms in total. The van der Waals surface area contributed by atoms with Gasteiger partial charge >= 0.3 is 5.97 Å². The fourth-order valence-corrected chi connectivity index (χ4v) is 1.79. The number of hydrogen-bond acceptors (Lipinski definition) is 4. The lowest BCUT2D eigenvalue weighted by molar-refractivity contribution is -0.137. The lowest BCUT2D eigenvalue weighted by atomic mass is 10.1. The van der Waals surface area contributed by atoms with Gasteiger partial charge in [0.2, 0.25) is 5.91 Å². The van der Waals surface area contributed by atoms with E-state index in [0.29, 0.717) is 19.6 Å². The molecule has 0 aromatic heterocycles. The van der Waals surface area contributed by atoms with Crippen molar-refractivity contribution >= 4 is 11.9 Å². The molecular weight excluding hydrogens is 268 g/mol. The summed E-state index contributed by atoms with van der Waals surface area (Å²) in [4.78, 5) is 22.2. The van der Waals surface area contributed by atoms with Crippen molar-refractivity contribution in [1.29, 1.82) is 0 Å². The van der Waals surface area contributed by atoms with Crippen LogP contribution in [0.15, 0.2) is 42.5 Å². The Kier molecular flexibility index (Phi) is 7.82. The van der Waals surface area contributed by atoms with Gasteiger partial charge in [0.1, 0.15) is 0 Å². The second kappa shape index (κ2) is 9.72. The van der Waals surface area contributed by atoms with E-state index in [9.17, 15) is 9.59 Å². The largest absolute Gasteiger partial charge is 0.463 e. The molecule has 114 valence electrons. The fourth-order valence-electron chi connectivity index (χ4n) is 1.79. The van der Waals surface area contributed by atoms with Crippen LogP contribution in [-0.4, -0.2) is 24.5 Å². The average molecular weight is 290 g/mol. The molecule has 3 N–H and O–H groups in total. The lowest BCUT2D eigenvalue weighted by Crippen LogP contribution is -2.28. The van der Waals surface area contributed by atoms with E-state index < -0.39 is 0 Å². The van der Waals surface area contributed by atoms with E-state index in [1.807, 2.05) is 30.3 Å². The van der Waals surface area contributed by atoms with Gasteiger partial charge in [0.05, 0.1) is 6.61 Å². The molecule has 0 aliphatic carbocycles. The Bertz CT molecular complexity index is 472. The van der Waals surface area contributed by atoms with E-state index in [4.69, 9.17) is 10.5 Å². The standard InChI is InChI=1S/C16H22N2O3/c1-2-21-16(20)11-9-14(8-10-15(17)19)18-12-13-6-4-3-5-7-13/h3-7,9,11,14,18H,2,8,10,12H2,1H3,(H2,17,19)/t14-/m0/s1. The Morgan fingerprint density at radius 1 is 1.33 bits per heavy atom. The van der Waals surface area contributed by atoms with Crippen LogP contribution in [0.25, 0.3) is 0 Å². The highest BCUT2D eigenvalue weighted by Gasteiger charge is 2.07. The number of primary amides is 1. The van der Waals surface area contributed by atoms with Crippen LogP contribution in [0, 0.1) is 0 Å². The van der Waals surface area contributed by atoms with Crippen molar-refractivity contribution in [3.8, 4) is 0 Å². The van der Waals surface area contributed by atoms with Crippen LogP contribution < -0.4 is 11.1 Å². The summed E-state index contributed by atoms with van der Waals surface area (Å²) in [5.41, 5.74) is 6.30. The number of nitrogens with two attached hydrogens (primary N) is 1. The Morgan fingerprint density at radius 3 is 2.67 bits per heavy atom. The number of esters is 1. The third kappa shape index (κ3) is 7.89. The van der Waals surface area contributed by atoms with Gasteiger partial charge < -0.3 is 15.8 Å². The predicted octanol–water partition coefficient (Wildman–Crippen LogP) is 1.53. The molecule has 21 heavy (non-hydrogen) atoms. The first kappa shape index (κ1) is 16.9. The maximum atomic E-state index is 11.3. The first-order valence-corrected chi connectivity index (χ1v) is 7.02. The van der Waals surface area contributed by atoms with Gasteiger partial charge in [-0.2, -0.15) is 0 Å². The van der Waals surface area contributed by atoms with Crippen LogP contribution in [0.2, 0.25) is 0 Å². The molecule has 0 fully saturated rings. The molecule has 1 aromatic carbocycles. The van der Waals surface area contributed by atoms with Gasteiger partial charge in [-0.3, -0.25) is 4.79 Å². The second-order valence-corrected chi connectivity index (χ2v) is 4.59. The Balaban J connectivity index is 2.54. The van der Waals surface area contributed by atoms with Crippen LogP contribution >= 0.6 is 0 Å². The normalized spacial score (nSPS) is 12.2. The molecule has 1 atom stereocenters. The number of nitrogens with one attached hydrogen (secondary N) is 1. The first-order chi connectivity index (χ1) is 10.1. The topological polar surface area (TPSA) is 81.4 Å². The minimum atomic E-state index is -0.386. The number of benzene rings is 1. The molecule has 0 bridgehead atoms. The van der Waals surface area contributed by atoms with Crippen molar-refractivity contribution in [1.82, 2.24) is 5.32 Å². The van der Waals surface area contributed by atoms with E-state index in [-0.39, 0.29) is 24.3 Å². The number of ether oxygens (including phenoxy) is 1. The zero-order valence-electron chi connectivity index (χ0n) is 12.2. The minimum absolute atomic E-state index is 0.109. The van der Waals surface area contributed by atoms with E-state index >= 15 is 0 Å². The summed E-state index contributed by atoms with van der Waals surface area (Å²) in [5, 5.41) is 3.29. The maximum absolute atomic E-state index is 11.3. The van der Waals surface area contributed by atoms with Crippen LogP contribution in [-0.2, 0) is 20.9 Å². The Morgan fingerprint density at radius 2 is 2.05 bits per heavy atom. The van der Waals surface area contributed by atoms with E-state index in [1.165, 1.54) is 6.08 Å². The number of amides is 1. The monoisotopic (exact) mass is 290 g/mol. The molecule has 0 heterocycles. The van der Waals surface area contributed by atoms with E-state index in [1.54, 1.807) is 13.0 Å². The summed E-state index contributed by atoms with van der Waals surface area (Å²) in [6.07, 6.45) is 3.90. The summed E-state index contributed by atoms with van der Waals surface area (Å²) >= 11 is 0. The summed E-state index contributed by atoms with van der Waals surface area (Å²) < 4.78 is 4.84. The van der Waals surface area contributed by atoms with Gasteiger partial charge in [0.25, 0.3) is 0 Å². The SMILES string of the molecule is CCOC(=O)C=C[C@H](CCC(N)=O)NCc1ccccc1. The van der Waals surface area contributed by atoms with Crippen LogP contribution in [0.4, 0.5) is 0 Å². The first-order valence-electron chi connectivity index (χ1n) is 7.02. The predicted molar refractivity (Wildman–Crippen MR) is 81.3 cm³/mol. The molecule has 0 aliphatic rings. The molecule has 0 saturated heterocycles. The molecule has 0 saturated carbocycles. The van der Waals surface area contributed by atoms with Crippen molar-refractivity contribution in [2.24, 2.45) is 5.73 Å². The van der Waals surface area contributed by atoms with Crippen LogP contribution in [0.5, 0.6) is 0 Å². The molecule has 1 rings (SSSR count). The molecule has 0 aliphatic heterocycles. The number of carbonyl (C=O) groups is 2. The van der Waals surface area contributed by atoms with Crippen LogP contribution in [0.3, 0.4) is 0 Å². The summed E-state index contributed by atoms with van der Waals surface area (Å²) in [5.74, 6) is -0.742. The van der Waals surface area contributed by atoms with Gasteiger partial charge in [-0.05, 0) is 18.9 Å². The highest BCUT2D eigenvalue weighted by Crippen LogP contribution is 2.03. The Labute approximate surface area is 125 Å². The molecule has 1 aromatic rings. The Hall–Kier alpha value is -2.14. The number of carbonyl (C=O) groups excluding carboxylic acids is 2.